The number of hydrogen-bond acceptors (Lipinski definition) is 2. The fourth-order valence-corrected chi connectivity index (χ4v) is 2.34. The average Bonchev–Trinajstić information content (AvgIpc) is 2.39. The normalized spacial score (nSPS) is 12.5. The molecule has 0 radical (unpaired) electrons. The van der Waals surface area contributed by atoms with Crippen LogP contribution in [0.15, 0.2) is 36.4 Å². The van der Waals surface area contributed by atoms with Gasteiger partial charge in [0.1, 0.15) is 5.82 Å². The van der Waals surface area contributed by atoms with Crippen LogP contribution in [0.5, 0.6) is 0 Å². The Balaban J connectivity index is 2.50. The Labute approximate surface area is 125 Å². The van der Waals surface area contributed by atoms with E-state index in [0.717, 1.165) is 0 Å². The van der Waals surface area contributed by atoms with Crippen molar-refractivity contribution in [1.29, 1.82) is 0 Å². The van der Waals surface area contributed by atoms with Gasteiger partial charge in [-0.3, -0.25) is 5.84 Å². The molecule has 0 fully saturated rings. The van der Waals surface area contributed by atoms with Crippen LogP contribution in [0.25, 0.3) is 0 Å². The van der Waals surface area contributed by atoms with E-state index in [0.29, 0.717) is 21.2 Å². The van der Waals surface area contributed by atoms with Crippen LogP contribution in [0.3, 0.4) is 0 Å². The second-order valence-electron chi connectivity index (χ2n) is 3.92. The van der Waals surface area contributed by atoms with Gasteiger partial charge in [-0.15, -0.1) is 0 Å². The van der Waals surface area contributed by atoms with E-state index in [1.54, 1.807) is 24.3 Å². The van der Waals surface area contributed by atoms with E-state index in [1.165, 1.54) is 12.1 Å². The third-order valence-corrected chi connectivity index (χ3v) is 3.88. The van der Waals surface area contributed by atoms with Crippen LogP contribution in [0.4, 0.5) is 4.39 Å². The zero-order valence-electron chi connectivity index (χ0n) is 9.63. The highest BCUT2D eigenvalue weighted by atomic mass is 35.5. The van der Waals surface area contributed by atoms with Crippen molar-refractivity contribution in [2.45, 2.75) is 6.04 Å². The average molecular weight is 320 g/mol. The van der Waals surface area contributed by atoms with E-state index in [2.05, 4.69) is 5.43 Å². The molecule has 19 heavy (non-hydrogen) atoms. The summed E-state index contributed by atoms with van der Waals surface area (Å²) >= 11 is 17.8. The van der Waals surface area contributed by atoms with Crippen molar-refractivity contribution in [2.75, 3.05) is 0 Å². The summed E-state index contributed by atoms with van der Waals surface area (Å²) in [5.74, 6) is 5.02. The van der Waals surface area contributed by atoms with Crippen molar-refractivity contribution in [3.8, 4) is 0 Å². The van der Waals surface area contributed by atoms with Crippen LogP contribution in [0.2, 0.25) is 15.1 Å². The summed E-state index contributed by atoms with van der Waals surface area (Å²) in [4.78, 5) is 0. The van der Waals surface area contributed by atoms with Crippen LogP contribution >= 0.6 is 34.8 Å². The lowest BCUT2D eigenvalue weighted by molar-refractivity contribution is 0.605. The maximum absolute atomic E-state index is 13.5. The molecule has 0 aliphatic rings. The summed E-state index contributed by atoms with van der Waals surface area (Å²) < 4.78 is 13.5. The summed E-state index contributed by atoms with van der Waals surface area (Å²) in [6, 6.07) is 9.17. The number of nitrogens with one attached hydrogen (secondary N) is 1. The third-order valence-electron chi connectivity index (χ3n) is 2.74. The fourth-order valence-electron chi connectivity index (χ4n) is 1.80. The van der Waals surface area contributed by atoms with E-state index in [4.69, 9.17) is 40.6 Å². The number of rotatable bonds is 3. The zero-order chi connectivity index (χ0) is 14.0. The standard InChI is InChI=1S/C13H10Cl3FN2/c14-9-5-4-7(6-11(9)17)13(19-18)8-2-1-3-10(15)12(8)16/h1-6,13,19H,18H2. The minimum Gasteiger partial charge on any atom is -0.271 e. The SMILES string of the molecule is NNC(c1ccc(Cl)c(F)c1)c1cccc(Cl)c1Cl. The Morgan fingerprint density at radius 1 is 1.05 bits per heavy atom. The van der Waals surface area contributed by atoms with Crippen LogP contribution < -0.4 is 11.3 Å². The lowest BCUT2D eigenvalue weighted by atomic mass is 9.99. The molecule has 0 aliphatic heterocycles. The summed E-state index contributed by atoms with van der Waals surface area (Å²) in [5, 5.41) is 0.841. The van der Waals surface area contributed by atoms with E-state index in [-0.39, 0.29) is 5.02 Å². The van der Waals surface area contributed by atoms with Crippen LogP contribution in [-0.4, -0.2) is 0 Å². The Morgan fingerprint density at radius 2 is 1.79 bits per heavy atom. The van der Waals surface area contributed by atoms with Gasteiger partial charge >= 0.3 is 0 Å². The summed E-state index contributed by atoms with van der Waals surface area (Å²) in [6.45, 7) is 0. The number of benzene rings is 2. The van der Waals surface area contributed by atoms with Crippen molar-refractivity contribution >= 4 is 34.8 Å². The first-order chi connectivity index (χ1) is 9.04. The molecule has 0 aliphatic carbocycles. The van der Waals surface area contributed by atoms with Gasteiger partial charge in [0, 0.05) is 0 Å². The minimum atomic E-state index is -0.516. The Hall–Kier alpha value is -0.840. The number of hydrazine groups is 1. The molecular formula is C13H10Cl3FN2. The molecule has 0 heterocycles. The highest BCUT2D eigenvalue weighted by Gasteiger charge is 2.18. The maximum Gasteiger partial charge on any atom is 0.142 e. The molecule has 0 amide bonds. The summed E-state index contributed by atoms with van der Waals surface area (Å²) in [5.41, 5.74) is 3.87. The lowest BCUT2D eigenvalue weighted by Gasteiger charge is -2.19. The minimum absolute atomic E-state index is 0.0525. The second kappa shape index (κ2) is 6.07. The molecule has 0 saturated heterocycles. The Morgan fingerprint density at radius 3 is 2.42 bits per heavy atom. The predicted octanol–water partition coefficient (Wildman–Crippen LogP) is 4.34. The van der Waals surface area contributed by atoms with Gasteiger partial charge in [0.15, 0.2) is 0 Å². The van der Waals surface area contributed by atoms with Gasteiger partial charge in [0.05, 0.1) is 21.1 Å². The predicted molar refractivity (Wildman–Crippen MR) is 77.0 cm³/mol. The first kappa shape index (κ1) is 14.6. The molecule has 3 N–H and O–H groups in total. The quantitative estimate of drug-likeness (QED) is 0.652. The maximum atomic E-state index is 13.5. The molecule has 0 aromatic heterocycles. The topological polar surface area (TPSA) is 38.0 Å². The van der Waals surface area contributed by atoms with Gasteiger partial charge in [-0.1, -0.05) is 53.0 Å². The van der Waals surface area contributed by atoms with Crippen molar-refractivity contribution < 1.29 is 4.39 Å². The van der Waals surface area contributed by atoms with Crippen LogP contribution in [-0.2, 0) is 0 Å². The molecule has 2 aromatic rings. The molecule has 6 heteroatoms. The van der Waals surface area contributed by atoms with Gasteiger partial charge in [0.25, 0.3) is 0 Å². The number of hydrogen-bond donors (Lipinski definition) is 2. The Kier molecular flexibility index (Phi) is 4.66. The van der Waals surface area contributed by atoms with Crippen molar-refractivity contribution in [3.63, 3.8) is 0 Å². The molecule has 2 rings (SSSR count). The van der Waals surface area contributed by atoms with Crippen molar-refractivity contribution in [3.05, 3.63) is 68.4 Å². The van der Waals surface area contributed by atoms with Gasteiger partial charge < -0.3 is 0 Å². The smallest absolute Gasteiger partial charge is 0.142 e. The zero-order valence-corrected chi connectivity index (χ0v) is 11.9. The Bertz CT molecular complexity index is 604. The van der Waals surface area contributed by atoms with E-state index in [9.17, 15) is 4.39 Å². The first-order valence-corrected chi connectivity index (χ1v) is 6.53. The van der Waals surface area contributed by atoms with Crippen LogP contribution in [0.1, 0.15) is 17.2 Å². The van der Waals surface area contributed by atoms with Gasteiger partial charge in [-0.25, -0.2) is 9.82 Å². The third kappa shape index (κ3) is 3.02. The molecule has 1 atom stereocenters. The molecule has 2 nitrogen and oxygen atoms in total. The fraction of sp³-hybridized carbons (Fsp3) is 0.0769. The molecule has 0 bridgehead atoms. The molecule has 2 aromatic carbocycles. The molecule has 0 spiro atoms. The summed E-state index contributed by atoms with van der Waals surface area (Å²) in [7, 11) is 0. The monoisotopic (exact) mass is 318 g/mol. The van der Waals surface area contributed by atoms with Gasteiger partial charge in [0.2, 0.25) is 0 Å². The molecule has 100 valence electrons. The molecular weight excluding hydrogens is 310 g/mol. The van der Waals surface area contributed by atoms with Gasteiger partial charge in [-0.05, 0) is 29.3 Å². The van der Waals surface area contributed by atoms with Crippen molar-refractivity contribution in [1.82, 2.24) is 5.43 Å². The van der Waals surface area contributed by atoms with Gasteiger partial charge in [-0.2, -0.15) is 0 Å². The summed E-state index contributed by atoms with van der Waals surface area (Å²) in [6.07, 6.45) is 0. The molecule has 1 unspecified atom stereocenters. The number of nitrogens with two attached hydrogens (primary N) is 1. The van der Waals surface area contributed by atoms with Crippen molar-refractivity contribution in [2.24, 2.45) is 5.84 Å². The highest BCUT2D eigenvalue weighted by Crippen LogP contribution is 2.33. The van der Waals surface area contributed by atoms with E-state index >= 15 is 0 Å². The lowest BCUT2D eigenvalue weighted by Crippen LogP contribution is -2.29. The molecule has 0 saturated carbocycles. The number of halogens is 4. The second-order valence-corrected chi connectivity index (χ2v) is 5.11. The van der Waals surface area contributed by atoms with Crippen LogP contribution in [0, 0.1) is 5.82 Å². The van der Waals surface area contributed by atoms with E-state index in [1.807, 2.05) is 0 Å². The first-order valence-electron chi connectivity index (χ1n) is 5.39. The van der Waals surface area contributed by atoms with E-state index < -0.39 is 11.9 Å². The largest absolute Gasteiger partial charge is 0.271 e. The highest BCUT2D eigenvalue weighted by molar-refractivity contribution is 6.42.